The molecule has 0 aliphatic heterocycles. The van der Waals surface area contributed by atoms with Crippen molar-refractivity contribution >= 4 is 31.3 Å². The Hall–Kier alpha value is -1.32. The summed E-state index contributed by atoms with van der Waals surface area (Å²) in [6.45, 7) is -2.29. The first-order valence-corrected chi connectivity index (χ1v) is 7.38. The third kappa shape index (κ3) is 6.22. The third-order valence-corrected chi connectivity index (χ3v) is 3.29. The second-order valence-electron chi connectivity index (χ2n) is 3.62. The Kier molecular flexibility index (Phi) is 5.37. The van der Waals surface area contributed by atoms with Crippen LogP contribution in [-0.2, 0) is 18.6 Å². The number of alkyl halides is 3. The summed E-state index contributed by atoms with van der Waals surface area (Å²) in [5.74, 6) is -0.796. The van der Waals surface area contributed by atoms with Crippen molar-refractivity contribution < 1.29 is 31.1 Å². The van der Waals surface area contributed by atoms with Gasteiger partial charge in [-0.25, -0.2) is 8.42 Å². The SMILES string of the molecule is O=C(COCC(F)(F)F)Nc1ccc(S(=O)(=O)Cl)cc1. The number of benzene rings is 1. The first-order chi connectivity index (χ1) is 9.08. The average molecular weight is 332 g/mol. The number of ether oxygens (including phenoxy) is 1. The molecule has 1 amide bonds. The molecular formula is C10H9ClF3NO4S. The van der Waals surface area contributed by atoms with Gasteiger partial charge >= 0.3 is 6.18 Å². The summed E-state index contributed by atoms with van der Waals surface area (Å²) in [4.78, 5) is 11.1. The lowest BCUT2D eigenvalue weighted by atomic mass is 10.3. The van der Waals surface area contributed by atoms with Gasteiger partial charge in [-0.1, -0.05) is 0 Å². The van der Waals surface area contributed by atoms with E-state index >= 15 is 0 Å². The fourth-order valence-corrected chi connectivity index (χ4v) is 1.93. The maximum atomic E-state index is 11.8. The summed E-state index contributed by atoms with van der Waals surface area (Å²) in [6.07, 6.45) is -4.50. The maximum absolute atomic E-state index is 11.8. The molecule has 1 N–H and O–H groups in total. The molecule has 0 aliphatic carbocycles. The molecule has 10 heteroatoms. The summed E-state index contributed by atoms with van der Waals surface area (Å²) >= 11 is 0. The highest BCUT2D eigenvalue weighted by Crippen LogP contribution is 2.18. The van der Waals surface area contributed by atoms with Gasteiger partial charge in [-0.2, -0.15) is 13.2 Å². The van der Waals surface area contributed by atoms with Gasteiger partial charge in [-0.15, -0.1) is 0 Å². The lowest BCUT2D eigenvalue weighted by Crippen LogP contribution is -2.23. The molecule has 0 fully saturated rings. The zero-order chi connectivity index (χ0) is 15.4. The Morgan fingerprint density at radius 2 is 1.80 bits per heavy atom. The van der Waals surface area contributed by atoms with Gasteiger partial charge in [-0.3, -0.25) is 4.79 Å². The lowest BCUT2D eigenvalue weighted by Gasteiger charge is -2.08. The predicted octanol–water partition coefficient (Wildman–Crippen LogP) is 2.13. The van der Waals surface area contributed by atoms with E-state index in [0.717, 1.165) is 12.1 Å². The first-order valence-electron chi connectivity index (χ1n) is 5.07. The smallest absolute Gasteiger partial charge is 0.362 e. The predicted molar refractivity (Wildman–Crippen MR) is 65.0 cm³/mol. The van der Waals surface area contributed by atoms with Gasteiger partial charge in [0.15, 0.2) is 0 Å². The maximum Gasteiger partial charge on any atom is 0.411 e. The molecule has 0 unspecified atom stereocenters. The molecule has 112 valence electrons. The van der Waals surface area contributed by atoms with Crippen LogP contribution in [0.5, 0.6) is 0 Å². The van der Waals surface area contributed by atoms with Crippen LogP contribution in [0.25, 0.3) is 0 Å². The molecule has 0 saturated heterocycles. The van der Waals surface area contributed by atoms with Crippen molar-refractivity contribution in [3.63, 3.8) is 0 Å². The molecule has 0 saturated carbocycles. The summed E-state index contributed by atoms with van der Waals surface area (Å²) in [7, 11) is 1.22. The van der Waals surface area contributed by atoms with E-state index in [1.807, 2.05) is 0 Å². The quantitative estimate of drug-likeness (QED) is 0.839. The minimum Gasteiger partial charge on any atom is -0.362 e. The minimum absolute atomic E-state index is 0.162. The summed E-state index contributed by atoms with van der Waals surface area (Å²) < 4.78 is 61.4. The molecular weight excluding hydrogens is 323 g/mol. The van der Waals surface area contributed by atoms with Crippen LogP contribution in [0.4, 0.5) is 18.9 Å². The van der Waals surface area contributed by atoms with Gasteiger partial charge in [0.25, 0.3) is 9.05 Å². The van der Waals surface area contributed by atoms with Gasteiger partial charge in [0.05, 0.1) is 4.90 Å². The number of amides is 1. The fraction of sp³-hybridized carbons (Fsp3) is 0.300. The largest absolute Gasteiger partial charge is 0.411 e. The van der Waals surface area contributed by atoms with Crippen molar-refractivity contribution in [2.24, 2.45) is 0 Å². The normalized spacial score (nSPS) is 12.2. The number of halogens is 4. The minimum atomic E-state index is -4.50. The number of carbonyl (C=O) groups is 1. The summed E-state index contributed by atoms with van der Waals surface area (Å²) in [6, 6.07) is 4.79. The summed E-state index contributed by atoms with van der Waals surface area (Å²) in [5.41, 5.74) is 0.203. The first kappa shape index (κ1) is 16.7. The Balaban J connectivity index is 2.51. The van der Waals surface area contributed by atoms with Gasteiger partial charge in [0.1, 0.15) is 13.2 Å². The fourth-order valence-electron chi connectivity index (χ4n) is 1.16. The van der Waals surface area contributed by atoms with E-state index in [-0.39, 0.29) is 10.6 Å². The van der Waals surface area contributed by atoms with Crippen LogP contribution < -0.4 is 5.32 Å². The molecule has 0 heterocycles. The Bertz CT molecular complexity index is 571. The van der Waals surface area contributed by atoms with E-state index in [9.17, 15) is 26.4 Å². The second kappa shape index (κ2) is 6.42. The van der Waals surface area contributed by atoms with Gasteiger partial charge in [0.2, 0.25) is 5.91 Å². The van der Waals surface area contributed by atoms with Crippen LogP contribution in [0, 0.1) is 0 Å². The van der Waals surface area contributed by atoms with Crippen molar-refractivity contribution in [1.82, 2.24) is 0 Å². The zero-order valence-electron chi connectivity index (χ0n) is 9.78. The lowest BCUT2D eigenvalue weighted by molar-refractivity contribution is -0.174. The third-order valence-electron chi connectivity index (χ3n) is 1.92. The molecule has 0 radical (unpaired) electrons. The van der Waals surface area contributed by atoms with Crippen LogP contribution in [0.2, 0.25) is 0 Å². The van der Waals surface area contributed by atoms with Crippen molar-refractivity contribution in [3.05, 3.63) is 24.3 Å². The number of hydrogen-bond donors (Lipinski definition) is 1. The molecule has 1 aromatic rings. The number of carbonyl (C=O) groups excluding carboxylic acids is 1. The second-order valence-corrected chi connectivity index (χ2v) is 6.18. The van der Waals surface area contributed by atoms with E-state index in [1.54, 1.807) is 0 Å². The summed E-state index contributed by atoms with van der Waals surface area (Å²) in [5, 5.41) is 2.24. The topological polar surface area (TPSA) is 72.5 Å². The van der Waals surface area contributed by atoms with Gasteiger partial charge < -0.3 is 10.1 Å². The van der Waals surface area contributed by atoms with Crippen molar-refractivity contribution in [2.75, 3.05) is 18.5 Å². The van der Waals surface area contributed by atoms with E-state index in [4.69, 9.17) is 10.7 Å². The average Bonchev–Trinajstić information content (AvgIpc) is 2.26. The Morgan fingerprint density at radius 1 is 1.25 bits per heavy atom. The Morgan fingerprint density at radius 3 is 2.25 bits per heavy atom. The molecule has 0 atom stereocenters. The monoisotopic (exact) mass is 331 g/mol. The number of nitrogens with one attached hydrogen (secondary N) is 1. The number of rotatable bonds is 5. The highest BCUT2D eigenvalue weighted by molar-refractivity contribution is 8.13. The van der Waals surface area contributed by atoms with E-state index in [2.05, 4.69) is 10.1 Å². The molecule has 5 nitrogen and oxygen atoms in total. The van der Waals surface area contributed by atoms with Crippen molar-refractivity contribution in [2.45, 2.75) is 11.1 Å². The molecule has 1 rings (SSSR count). The van der Waals surface area contributed by atoms with E-state index in [1.165, 1.54) is 12.1 Å². The molecule has 20 heavy (non-hydrogen) atoms. The van der Waals surface area contributed by atoms with E-state index in [0.29, 0.717) is 0 Å². The molecule has 0 bridgehead atoms. The van der Waals surface area contributed by atoms with Crippen LogP contribution >= 0.6 is 10.7 Å². The molecule has 0 spiro atoms. The number of anilines is 1. The van der Waals surface area contributed by atoms with Gasteiger partial charge in [0, 0.05) is 16.4 Å². The number of hydrogen-bond acceptors (Lipinski definition) is 4. The van der Waals surface area contributed by atoms with Crippen LogP contribution in [-0.4, -0.2) is 33.7 Å². The molecule has 0 aromatic heterocycles. The Labute approximate surface area is 117 Å². The highest BCUT2D eigenvalue weighted by Gasteiger charge is 2.27. The van der Waals surface area contributed by atoms with Crippen LogP contribution in [0.15, 0.2) is 29.2 Å². The van der Waals surface area contributed by atoms with Crippen LogP contribution in [0.1, 0.15) is 0 Å². The molecule has 1 aromatic carbocycles. The van der Waals surface area contributed by atoms with Gasteiger partial charge in [-0.05, 0) is 24.3 Å². The van der Waals surface area contributed by atoms with Crippen molar-refractivity contribution in [1.29, 1.82) is 0 Å². The van der Waals surface area contributed by atoms with E-state index < -0.39 is 34.3 Å². The van der Waals surface area contributed by atoms with Crippen molar-refractivity contribution in [3.8, 4) is 0 Å². The molecule has 0 aliphatic rings. The highest BCUT2D eigenvalue weighted by atomic mass is 35.7. The standard InChI is InChI=1S/C10H9ClF3NO4S/c11-20(17,18)8-3-1-7(2-4-8)15-9(16)5-19-6-10(12,13)14/h1-4H,5-6H2,(H,15,16). The van der Waals surface area contributed by atoms with Crippen LogP contribution in [0.3, 0.4) is 0 Å². The zero-order valence-corrected chi connectivity index (χ0v) is 11.3.